The van der Waals surface area contributed by atoms with E-state index in [9.17, 15) is 9.59 Å². The summed E-state index contributed by atoms with van der Waals surface area (Å²) < 4.78 is 0. The number of carbonyl (C=O) groups is 2. The molecule has 4 N–H and O–H groups in total. The molecule has 2 amide bonds. The third-order valence-electron chi connectivity index (χ3n) is 3.05. The Morgan fingerprint density at radius 2 is 1.78 bits per heavy atom. The Balaban J connectivity index is 1.96. The molecule has 0 atom stereocenters. The molecule has 1 saturated heterocycles. The van der Waals surface area contributed by atoms with E-state index in [1.165, 1.54) is 32.4 Å². The summed E-state index contributed by atoms with van der Waals surface area (Å²) in [5, 5.41) is 5.22. The van der Waals surface area contributed by atoms with Crippen molar-refractivity contribution in [3.63, 3.8) is 0 Å². The van der Waals surface area contributed by atoms with Gasteiger partial charge in [-0.25, -0.2) is 0 Å². The van der Waals surface area contributed by atoms with Gasteiger partial charge >= 0.3 is 0 Å². The van der Waals surface area contributed by atoms with E-state index >= 15 is 0 Å². The highest BCUT2D eigenvalue weighted by molar-refractivity contribution is 5.85. The summed E-state index contributed by atoms with van der Waals surface area (Å²) in [6, 6.07) is 0. The van der Waals surface area contributed by atoms with Crippen LogP contribution in [0.2, 0.25) is 0 Å². The largest absolute Gasteiger partial charge is 0.355 e. The smallest absolute Gasteiger partial charge is 0.239 e. The summed E-state index contributed by atoms with van der Waals surface area (Å²) in [7, 11) is 0. The van der Waals surface area contributed by atoms with Gasteiger partial charge in [-0.15, -0.1) is 0 Å². The SMILES string of the molecule is NCC(=O)NCC(=O)NCCCN1CCCCC1. The molecule has 6 nitrogen and oxygen atoms in total. The summed E-state index contributed by atoms with van der Waals surface area (Å²) in [5.74, 6) is -0.464. The molecule has 1 aliphatic rings. The average molecular weight is 256 g/mol. The number of hydrogen-bond donors (Lipinski definition) is 3. The Bertz CT molecular complexity index is 265. The minimum absolute atomic E-state index is 0.0136. The Morgan fingerprint density at radius 3 is 2.44 bits per heavy atom. The summed E-state index contributed by atoms with van der Waals surface area (Å²) in [6.45, 7) is 3.99. The lowest BCUT2D eigenvalue weighted by Crippen LogP contribution is -2.40. The van der Waals surface area contributed by atoms with Crippen molar-refractivity contribution in [3.05, 3.63) is 0 Å². The molecule has 0 aromatic heterocycles. The lowest BCUT2D eigenvalue weighted by Gasteiger charge is -2.26. The number of carbonyl (C=O) groups excluding carboxylic acids is 2. The van der Waals surface area contributed by atoms with Gasteiger partial charge in [-0.05, 0) is 38.9 Å². The molecule has 1 fully saturated rings. The Kier molecular flexibility index (Phi) is 7.36. The Labute approximate surface area is 108 Å². The van der Waals surface area contributed by atoms with Gasteiger partial charge in [0.15, 0.2) is 0 Å². The lowest BCUT2D eigenvalue weighted by atomic mass is 10.1. The highest BCUT2D eigenvalue weighted by Gasteiger charge is 2.09. The molecule has 0 spiro atoms. The molecule has 0 radical (unpaired) electrons. The molecule has 104 valence electrons. The van der Waals surface area contributed by atoms with Crippen molar-refractivity contribution in [3.8, 4) is 0 Å². The topological polar surface area (TPSA) is 87.5 Å². The monoisotopic (exact) mass is 256 g/mol. The first-order valence-electron chi connectivity index (χ1n) is 6.68. The van der Waals surface area contributed by atoms with Gasteiger partial charge in [-0.2, -0.15) is 0 Å². The summed E-state index contributed by atoms with van der Waals surface area (Å²) >= 11 is 0. The zero-order chi connectivity index (χ0) is 13.2. The van der Waals surface area contributed by atoms with Gasteiger partial charge in [-0.1, -0.05) is 6.42 Å². The first-order valence-corrected chi connectivity index (χ1v) is 6.68. The van der Waals surface area contributed by atoms with Crippen LogP contribution in [0.15, 0.2) is 0 Å². The molecule has 1 heterocycles. The fourth-order valence-electron chi connectivity index (χ4n) is 2.03. The predicted octanol–water partition coefficient (Wildman–Crippen LogP) is -0.946. The Hall–Kier alpha value is -1.14. The fourth-order valence-corrected chi connectivity index (χ4v) is 2.03. The van der Waals surface area contributed by atoms with Crippen LogP contribution in [0, 0.1) is 0 Å². The van der Waals surface area contributed by atoms with Crippen molar-refractivity contribution in [2.45, 2.75) is 25.7 Å². The molecule has 0 aromatic rings. The van der Waals surface area contributed by atoms with E-state index < -0.39 is 0 Å². The van der Waals surface area contributed by atoms with Gasteiger partial charge < -0.3 is 21.3 Å². The standard InChI is InChI=1S/C12H24N4O2/c13-9-11(17)15-10-12(18)14-5-4-8-16-6-2-1-3-7-16/h1-10,13H2,(H,14,18)(H,15,17). The highest BCUT2D eigenvalue weighted by atomic mass is 16.2. The van der Waals surface area contributed by atoms with Gasteiger partial charge in [0.2, 0.25) is 11.8 Å². The molecule has 0 aliphatic carbocycles. The highest BCUT2D eigenvalue weighted by Crippen LogP contribution is 2.08. The van der Waals surface area contributed by atoms with Crippen molar-refractivity contribution in [2.75, 3.05) is 39.3 Å². The van der Waals surface area contributed by atoms with Crippen LogP contribution < -0.4 is 16.4 Å². The molecule has 1 rings (SSSR count). The average Bonchev–Trinajstić information content (AvgIpc) is 2.42. The van der Waals surface area contributed by atoms with Crippen molar-refractivity contribution in [2.24, 2.45) is 5.73 Å². The van der Waals surface area contributed by atoms with Gasteiger partial charge in [0.25, 0.3) is 0 Å². The maximum absolute atomic E-state index is 11.3. The van der Waals surface area contributed by atoms with E-state index in [-0.39, 0.29) is 24.9 Å². The number of nitrogens with zero attached hydrogens (tertiary/aromatic N) is 1. The zero-order valence-electron chi connectivity index (χ0n) is 10.9. The second-order valence-corrected chi connectivity index (χ2v) is 4.59. The lowest BCUT2D eigenvalue weighted by molar-refractivity contribution is -0.125. The molecular weight excluding hydrogens is 232 g/mol. The predicted molar refractivity (Wildman–Crippen MR) is 70.0 cm³/mol. The molecule has 0 aromatic carbocycles. The van der Waals surface area contributed by atoms with Crippen LogP contribution in [-0.2, 0) is 9.59 Å². The normalized spacial score (nSPS) is 16.3. The summed E-state index contributed by atoms with van der Waals surface area (Å²) in [4.78, 5) is 24.6. The zero-order valence-corrected chi connectivity index (χ0v) is 10.9. The molecule has 1 aliphatic heterocycles. The number of piperidine rings is 1. The van der Waals surface area contributed by atoms with E-state index in [4.69, 9.17) is 5.73 Å². The van der Waals surface area contributed by atoms with Crippen molar-refractivity contribution in [1.29, 1.82) is 0 Å². The van der Waals surface area contributed by atoms with Gasteiger partial charge in [0, 0.05) is 6.54 Å². The molecular formula is C12H24N4O2. The number of nitrogens with one attached hydrogen (secondary N) is 2. The number of hydrogen-bond acceptors (Lipinski definition) is 4. The molecule has 0 saturated carbocycles. The van der Waals surface area contributed by atoms with Gasteiger partial charge in [-0.3, -0.25) is 9.59 Å². The van der Waals surface area contributed by atoms with Crippen molar-refractivity contribution < 1.29 is 9.59 Å². The quantitative estimate of drug-likeness (QED) is 0.513. The van der Waals surface area contributed by atoms with Crippen molar-refractivity contribution >= 4 is 11.8 Å². The third kappa shape index (κ3) is 6.56. The third-order valence-corrected chi connectivity index (χ3v) is 3.05. The molecule has 18 heavy (non-hydrogen) atoms. The molecule has 0 unspecified atom stereocenters. The maximum Gasteiger partial charge on any atom is 0.239 e. The van der Waals surface area contributed by atoms with Crippen LogP contribution in [0.4, 0.5) is 0 Å². The van der Waals surface area contributed by atoms with Gasteiger partial charge in [0.1, 0.15) is 0 Å². The number of rotatable bonds is 7. The number of nitrogens with two attached hydrogens (primary N) is 1. The second-order valence-electron chi connectivity index (χ2n) is 4.59. The van der Waals surface area contributed by atoms with E-state index in [1.54, 1.807) is 0 Å². The van der Waals surface area contributed by atoms with E-state index in [2.05, 4.69) is 15.5 Å². The first kappa shape index (κ1) is 14.9. The molecule has 6 heteroatoms. The molecule has 0 bridgehead atoms. The second kappa shape index (κ2) is 8.88. The van der Waals surface area contributed by atoms with Crippen LogP contribution in [-0.4, -0.2) is 56.0 Å². The maximum atomic E-state index is 11.3. The van der Waals surface area contributed by atoms with Crippen LogP contribution in [0.5, 0.6) is 0 Å². The number of amides is 2. The van der Waals surface area contributed by atoms with E-state index in [0.717, 1.165) is 13.0 Å². The van der Waals surface area contributed by atoms with Crippen LogP contribution in [0.3, 0.4) is 0 Å². The summed E-state index contributed by atoms with van der Waals surface area (Å²) in [6.07, 6.45) is 4.87. The first-order chi connectivity index (χ1) is 8.72. The van der Waals surface area contributed by atoms with Crippen molar-refractivity contribution in [1.82, 2.24) is 15.5 Å². The summed E-state index contributed by atoms with van der Waals surface area (Å²) in [5.41, 5.74) is 5.11. The van der Waals surface area contributed by atoms with E-state index in [1.807, 2.05) is 0 Å². The van der Waals surface area contributed by atoms with E-state index in [0.29, 0.717) is 6.54 Å². The van der Waals surface area contributed by atoms with Gasteiger partial charge in [0.05, 0.1) is 13.1 Å². The number of likely N-dealkylation sites (tertiary alicyclic amines) is 1. The van der Waals surface area contributed by atoms with Crippen LogP contribution in [0.1, 0.15) is 25.7 Å². The minimum atomic E-state index is -0.307. The fraction of sp³-hybridized carbons (Fsp3) is 0.833. The van der Waals surface area contributed by atoms with Crippen LogP contribution in [0.25, 0.3) is 0 Å². The van der Waals surface area contributed by atoms with Crippen LogP contribution >= 0.6 is 0 Å². The minimum Gasteiger partial charge on any atom is -0.355 e. The Morgan fingerprint density at radius 1 is 1.06 bits per heavy atom.